The van der Waals surface area contributed by atoms with Crippen LogP contribution in [0.2, 0.25) is 0 Å². The van der Waals surface area contributed by atoms with Crippen molar-refractivity contribution in [3.8, 4) is 5.75 Å². The molecular formula is C21H28O2. The van der Waals surface area contributed by atoms with Crippen LogP contribution in [0.4, 0.5) is 0 Å². The third-order valence-corrected chi connectivity index (χ3v) is 7.51. The Morgan fingerprint density at radius 1 is 1.26 bits per heavy atom. The molecule has 2 saturated carbocycles. The summed E-state index contributed by atoms with van der Waals surface area (Å²) in [6.45, 7) is 6.20. The van der Waals surface area contributed by atoms with E-state index in [0.717, 1.165) is 38.5 Å². The van der Waals surface area contributed by atoms with Gasteiger partial charge in [0.25, 0.3) is 0 Å². The first-order chi connectivity index (χ1) is 11.0. The number of phenolic OH excluding ortho intramolecular Hbond substituents is 1. The maximum atomic E-state index is 11.3. The fourth-order valence-corrected chi connectivity index (χ4v) is 6.25. The van der Waals surface area contributed by atoms with Gasteiger partial charge in [-0.2, -0.15) is 0 Å². The van der Waals surface area contributed by atoms with Crippen molar-refractivity contribution in [3.63, 3.8) is 0 Å². The van der Waals surface area contributed by atoms with Gasteiger partial charge in [-0.3, -0.25) is 0 Å². The number of aryl methyl sites for hydroxylation is 1. The fourth-order valence-electron chi connectivity index (χ4n) is 6.25. The van der Waals surface area contributed by atoms with Crippen molar-refractivity contribution in [2.45, 2.75) is 63.4 Å². The summed E-state index contributed by atoms with van der Waals surface area (Å²) in [5, 5.41) is 21.0. The molecule has 3 aliphatic rings. The summed E-state index contributed by atoms with van der Waals surface area (Å²) in [5.41, 5.74) is 2.28. The fraction of sp³-hybridized carbons (Fsp3) is 0.619. The topological polar surface area (TPSA) is 40.5 Å². The second-order valence-corrected chi connectivity index (χ2v) is 8.32. The van der Waals surface area contributed by atoms with Crippen LogP contribution in [0.5, 0.6) is 5.75 Å². The van der Waals surface area contributed by atoms with E-state index in [1.807, 2.05) is 18.2 Å². The molecule has 0 bridgehead atoms. The molecule has 2 N–H and O–H groups in total. The highest BCUT2D eigenvalue weighted by molar-refractivity contribution is 5.40. The third-order valence-electron chi connectivity index (χ3n) is 7.51. The Morgan fingerprint density at radius 2 is 2.09 bits per heavy atom. The van der Waals surface area contributed by atoms with Gasteiger partial charge in [-0.1, -0.05) is 19.1 Å². The highest BCUT2D eigenvalue weighted by Gasteiger charge is 2.60. The maximum Gasteiger partial charge on any atom is 0.115 e. The summed E-state index contributed by atoms with van der Waals surface area (Å²) in [4.78, 5) is 0. The first kappa shape index (κ1) is 15.3. The minimum atomic E-state index is -0.556. The largest absolute Gasteiger partial charge is 0.508 e. The SMILES string of the molecule is C=CCC1(O)CC[C@H]2[C@@H]3CCc4cc(O)ccc4[C@H]3CC[C@@]21C. The molecule has 3 aliphatic carbocycles. The van der Waals surface area contributed by atoms with Crippen LogP contribution in [0, 0.1) is 17.3 Å². The first-order valence-corrected chi connectivity index (χ1v) is 9.13. The molecule has 4 rings (SSSR count). The normalized spacial score (nSPS) is 41.7. The lowest BCUT2D eigenvalue weighted by atomic mass is 9.53. The van der Waals surface area contributed by atoms with E-state index in [1.165, 1.54) is 17.5 Å². The zero-order valence-electron chi connectivity index (χ0n) is 14.1. The van der Waals surface area contributed by atoms with Gasteiger partial charge >= 0.3 is 0 Å². The van der Waals surface area contributed by atoms with Crippen molar-refractivity contribution in [1.82, 2.24) is 0 Å². The molecule has 2 fully saturated rings. The Morgan fingerprint density at radius 3 is 2.87 bits per heavy atom. The molecule has 5 atom stereocenters. The molecule has 2 nitrogen and oxygen atoms in total. The van der Waals surface area contributed by atoms with Crippen LogP contribution in [0.1, 0.15) is 62.5 Å². The Kier molecular flexibility index (Phi) is 3.39. The van der Waals surface area contributed by atoms with E-state index in [0.29, 0.717) is 23.5 Å². The summed E-state index contributed by atoms with van der Waals surface area (Å²) < 4.78 is 0. The van der Waals surface area contributed by atoms with E-state index in [1.54, 1.807) is 0 Å². The van der Waals surface area contributed by atoms with Crippen LogP contribution in [-0.4, -0.2) is 15.8 Å². The molecule has 0 aliphatic heterocycles. The quantitative estimate of drug-likeness (QED) is 0.786. The number of phenols is 1. The molecule has 0 saturated heterocycles. The summed E-state index contributed by atoms with van der Waals surface area (Å²) in [6, 6.07) is 5.95. The average molecular weight is 312 g/mol. The van der Waals surface area contributed by atoms with Crippen LogP contribution in [0.25, 0.3) is 0 Å². The van der Waals surface area contributed by atoms with E-state index in [2.05, 4.69) is 19.6 Å². The van der Waals surface area contributed by atoms with Crippen LogP contribution < -0.4 is 0 Å². The van der Waals surface area contributed by atoms with Crippen molar-refractivity contribution in [2.24, 2.45) is 17.3 Å². The Bertz CT molecular complexity index is 637. The zero-order valence-corrected chi connectivity index (χ0v) is 14.1. The summed E-state index contributed by atoms with van der Waals surface area (Å²) in [7, 11) is 0. The number of aromatic hydroxyl groups is 1. The number of fused-ring (bicyclic) bond motifs is 5. The molecule has 0 amide bonds. The highest BCUT2D eigenvalue weighted by Crippen LogP contribution is 2.65. The standard InChI is InChI=1S/C21H28O2/c1-3-10-21(23)12-9-19-18-6-4-14-13-15(22)5-7-16(14)17(18)8-11-20(19,21)2/h3,5,7,13,17-19,22-23H,1,4,6,8-12H2,2H3/t17-,18-,19+,20+,21?/m1/s1. The van der Waals surface area contributed by atoms with Crippen molar-refractivity contribution < 1.29 is 10.2 Å². The van der Waals surface area contributed by atoms with Gasteiger partial charge in [-0.15, -0.1) is 6.58 Å². The van der Waals surface area contributed by atoms with Crippen molar-refractivity contribution in [3.05, 3.63) is 42.0 Å². The number of aliphatic hydroxyl groups is 1. The van der Waals surface area contributed by atoms with Gasteiger partial charge in [-0.05, 0) is 91.4 Å². The third kappa shape index (κ3) is 2.04. The van der Waals surface area contributed by atoms with Gasteiger partial charge in [0, 0.05) is 0 Å². The van der Waals surface area contributed by atoms with Crippen LogP contribution >= 0.6 is 0 Å². The predicted octanol–water partition coefficient (Wildman–Crippen LogP) is 4.56. The van der Waals surface area contributed by atoms with Crippen LogP contribution in [0.15, 0.2) is 30.9 Å². The van der Waals surface area contributed by atoms with Gasteiger partial charge < -0.3 is 10.2 Å². The molecule has 23 heavy (non-hydrogen) atoms. The summed E-state index contributed by atoms with van der Waals surface area (Å²) in [6.07, 6.45) is 9.23. The zero-order chi connectivity index (χ0) is 16.2. The van der Waals surface area contributed by atoms with Crippen LogP contribution in [-0.2, 0) is 6.42 Å². The van der Waals surface area contributed by atoms with E-state index < -0.39 is 5.60 Å². The predicted molar refractivity (Wildman–Crippen MR) is 92.5 cm³/mol. The number of rotatable bonds is 2. The van der Waals surface area contributed by atoms with Crippen molar-refractivity contribution in [1.29, 1.82) is 0 Å². The monoisotopic (exact) mass is 312 g/mol. The number of hydrogen-bond acceptors (Lipinski definition) is 2. The lowest BCUT2D eigenvalue weighted by Gasteiger charge is -2.53. The van der Waals surface area contributed by atoms with E-state index >= 15 is 0 Å². The second kappa shape index (κ2) is 5.11. The van der Waals surface area contributed by atoms with Gasteiger partial charge in [-0.25, -0.2) is 0 Å². The number of hydrogen-bond donors (Lipinski definition) is 2. The van der Waals surface area contributed by atoms with E-state index in [4.69, 9.17) is 0 Å². The Labute approximate surface area is 139 Å². The van der Waals surface area contributed by atoms with Gasteiger partial charge in [0.15, 0.2) is 0 Å². The maximum absolute atomic E-state index is 11.3. The molecule has 1 aromatic rings. The Hall–Kier alpha value is -1.28. The first-order valence-electron chi connectivity index (χ1n) is 9.13. The molecule has 0 spiro atoms. The minimum absolute atomic E-state index is 0.0385. The average Bonchev–Trinajstić information content (AvgIpc) is 2.79. The lowest BCUT2D eigenvalue weighted by Crippen LogP contribution is -2.50. The minimum Gasteiger partial charge on any atom is -0.508 e. The second-order valence-electron chi connectivity index (χ2n) is 8.32. The molecular weight excluding hydrogens is 284 g/mol. The van der Waals surface area contributed by atoms with Crippen molar-refractivity contribution >= 4 is 0 Å². The summed E-state index contributed by atoms with van der Waals surface area (Å²) in [5.74, 6) is 2.31. The molecule has 2 heteroatoms. The van der Waals surface area contributed by atoms with Gasteiger partial charge in [0.2, 0.25) is 0 Å². The van der Waals surface area contributed by atoms with Crippen molar-refractivity contribution in [2.75, 3.05) is 0 Å². The smallest absolute Gasteiger partial charge is 0.115 e. The van der Waals surface area contributed by atoms with Crippen LogP contribution in [0.3, 0.4) is 0 Å². The molecule has 0 aromatic heterocycles. The van der Waals surface area contributed by atoms with Gasteiger partial charge in [0.05, 0.1) is 5.60 Å². The lowest BCUT2D eigenvalue weighted by molar-refractivity contribution is -0.100. The van der Waals surface area contributed by atoms with Gasteiger partial charge in [0.1, 0.15) is 5.75 Å². The van der Waals surface area contributed by atoms with E-state index in [9.17, 15) is 10.2 Å². The number of benzene rings is 1. The highest BCUT2D eigenvalue weighted by atomic mass is 16.3. The van der Waals surface area contributed by atoms with E-state index in [-0.39, 0.29) is 5.41 Å². The molecule has 1 aromatic carbocycles. The molecule has 1 unspecified atom stereocenters. The summed E-state index contributed by atoms with van der Waals surface area (Å²) >= 11 is 0. The molecule has 124 valence electrons. The Balaban J connectivity index is 1.68. The molecule has 0 radical (unpaired) electrons. The molecule has 0 heterocycles.